The molecule has 0 spiro atoms. The summed E-state index contributed by atoms with van der Waals surface area (Å²) in [5.74, 6) is -0.658. The van der Waals surface area contributed by atoms with Crippen LogP contribution in [0.3, 0.4) is 0 Å². The van der Waals surface area contributed by atoms with E-state index >= 15 is 0 Å². The summed E-state index contributed by atoms with van der Waals surface area (Å²) in [6, 6.07) is 10.5. The maximum atomic E-state index is 12.8. The van der Waals surface area contributed by atoms with E-state index in [2.05, 4.69) is 11.3 Å². The third-order valence-corrected chi connectivity index (χ3v) is 4.99. The second kappa shape index (κ2) is 8.53. The summed E-state index contributed by atoms with van der Waals surface area (Å²) in [5, 5.41) is 9.87. The number of carbonyl (C=O) groups excluding carboxylic acids is 1. The predicted molar refractivity (Wildman–Crippen MR) is 105 cm³/mol. The van der Waals surface area contributed by atoms with Crippen LogP contribution in [-0.2, 0) is 20.9 Å². The summed E-state index contributed by atoms with van der Waals surface area (Å²) in [7, 11) is 0. The van der Waals surface area contributed by atoms with Crippen molar-refractivity contribution in [3.63, 3.8) is 0 Å². The van der Waals surface area contributed by atoms with Gasteiger partial charge in [-0.15, -0.1) is 11.3 Å². The van der Waals surface area contributed by atoms with E-state index in [1.54, 1.807) is 24.3 Å². The molecule has 0 fully saturated rings. The molecule has 0 aliphatic carbocycles. The zero-order valence-electron chi connectivity index (χ0n) is 14.7. The van der Waals surface area contributed by atoms with Crippen molar-refractivity contribution in [2.45, 2.75) is 13.0 Å². The highest BCUT2D eigenvalue weighted by Gasteiger charge is 2.14. The first-order chi connectivity index (χ1) is 13.5. The standard InChI is InChI=1S/C20H16O7S/c1-2-25-20(24)27-11-12-9-14-17(10-15(12)26-8-7-18(21)22)28-16-6-4-3-5-13(16)19(14)23/h2-6,9-10H,1,7-8,11H2,(H,21,22). The van der Waals surface area contributed by atoms with Crippen molar-refractivity contribution in [3.8, 4) is 5.75 Å². The van der Waals surface area contributed by atoms with E-state index in [1.165, 1.54) is 11.3 Å². The zero-order chi connectivity index (χ0) is 20.1. The fourth-order valence-electron chi connectivity index (χ4n) is 2.61. The fraction of sp³-hybridized carbons (Fsp3) is 0.150. The molecule has 0 saturated heterocycles. The van der Waals surface area contributed by atoms with E-state index in [1.807, 2.05) is 12.1 Å². The highest BCUT2D eigenvalue weighted by molar-refractivity contribution is 7.24. The van der Waals surface area contributed by atoms with Crippen molar-refractivity contribution < 1.29 is 28.9 Å². The number of carbonyl (C=O) groups is 2. The van der Waals surface area contributed by atoms with Gasteiger partial charge in [-0.1, -0.05) is 18.7 Å². The van der Waals surface area contributed by atoms with Crippen LogP contribution in [0, 0.1) is 0 Å². The molecule has 0 unspecified atom stereocenters. The first-order valence-corrected chi connectivity index (χ1v) is 9.08. The topological polar surface area (TPSA) is 99.1 Å². The summed E-state index contributed by atoms with van der Waals surface area (Å²) < 4.78 is 16.6. The van der Waals surface area contributed by atoms with E-state index in [4.69, 9.17) is 14.6 Å². The Morgan fingerprint density at radius 1 is 1.14 bits per heavy atom. The molecule has 3 rings (SSSR count). The molecule has 2 aromatic carbocycles. The van der Waals surface area contributed by atoms with Crippen LogP contribution in [0.5, 0.6) is 5.75 Å². The summed E-state index contributed by atoms with van der Waals surface area (Å²) in [5.41, 5.74) is 0.287. The highest BCUT2D eigenvalue weighted by atomic mass is 32.1. The molecule has 7 nitrogen and oxygen atoms in total. The van der Waals surface area contributed by atoms with Crippen LogP contribution in [0.2, 0.25) is 0 Å². The van der Waals surface area contributed by atoms with Crippen molar-refractivity contribution >= 4 is 43.6 Å². The molecule has 0 radical (unpaired) electrons. The normalized spacial score (nSPS) is 10.6. The number of ether oxygens (including phenoxy) is 3. The third-order valence-electron chi connectivity index (χ3n) is 3.86. The van der Waals surface area contributed by atoms with Gasteiger partial charge >= 0.3 is 12.1 Å². The van der Waals surface area contributed by atoms with E-state index in [0.717, 1.165) is 11.0 Å². The molecule has 1 aromatic heterocycles. The highest BCUT2D eigenvalue weighted by Crippen LogP contribution is 2.31. The molecular formula is C20H16O7S. The Morgan fingerprint density at radius 3 is 2.68 bits per heavy atom. The molecule has 3 aromatic rings. The maximum absolute atomic E-state index is 12.8. The number of aliphatic carboxylic acids is 1. The average Bonchev–Trinajstić information content (AvgIpc) is 2.67. The molecule has 0 bridgehead atoms. The van der Waals surface area contributed by atoms with Crippen molar-refractivity contribution in [2.75, 3.05) is 6.61 Å². The molecule has 1 heterocycles. The minimum atomic E-state index is -0.996. The molecule has 1 N–H and O–H groups in total. The monoisotopic (exact) mass is 400 g/mol. The Kier molecular flexibility index (Phi) is 5.90. The molecule has 0 aliphatic heterocycles. The molecule has 8 heteroatoms. The Morgan fingerprint density at radius 2 is 1.93 bits per heavy atom. The lowest BCUT2D eigenvalue weighted by molar-refractivity contribution is -0.137. The first kappa shape index (κ1) is 19.4. The Bertz CT molecular complexity index is 1120. The van der Waals surface area contributed by atoms with Crippen molar-refractivity contribution in [1.29, 1.82) is 0 Å². The van der Waals surface area contributed by atoms with E-state index < -0.39 is 12.1 Å². The smallest absolute Gasteiger partial charge is 0.493 e. The van der Waals surface area contributed by atoms with Gasteiger partial charge in [0.15, 0.2) is 5.43 Å². The summed E-state index contributed by atoms with van der Waals surface area (Å²) >= 11 is 1.42. The van der Waals surface area contributed by atoms with Gasteiger partial charge in [-0.2, -0.15) is 0 Å². The minimum Gasteiger partial charge on any atom is -0.493 e. The summed E-state index contributed by atoms with van der Waals surface area (Å²) in [6.07, 6.45) is -0.197. The van der Waals surface area contributed by atoms with Gasteiger partial charge in [0.1, 0.15) is 12.4 Å². The second-order valence-electron chi connectivity index (χ2n) is 5.70. The maximum Gasteiger partial charge on any atom is 0.513 e. The number of fused-ring (bicyclic) bond motifs is 2. The van der Waals surface area contributed by atoms with E-state index in [0.29, 0.717) is 26.8 Å². The van der Waals surface area contributed by atoms with Gasteiger partial charge in [0.2, 0.25) is 0 Å². The second-order valence-corrected chi connectivity index (χ2v) is 6.78. The zero-order valence-corrected chi connectivity index (χ0v) is 15.5. The van der Waals surface area contributed by atoms with E-state index in [9.17, 15) is 14.4 Å². The van der Waals surface area contributed by atoms with Crippen LogP contribution in [0.25, 0.3) is 20.2 Å². The van der Waals surface area contributed by atoms with Gasteiger partial charge in [0.05, 0.1) is 19.3 Å². The molecule has 0 aliphatic rings. The molecule has 144 valence electrons. The molecule has 28 heavy (non-hydrogen) atoms. The Labute approximate surface area is 163 Å². The molecule has 0 amide bonds. The number of rotatable bonds is 7. The SMILES string of the molecule is C=COC(=O)OCc1cc2c(=O)c3ccccc3sc2cc1OCCC(=O)O. The molecule has 0 atom stereocenters. The number of benzene rings is 2. The lowest BCUT2D eigenvalue weighted by atomic mass is 10.1. The molecular weight excluding hydrogens is 384 g/mol. The summed E-state index contributed by atoms with van der Waals surface area (Å²) in [4.78, 5) is 35.0. The van der Waals surface area contributed by atoms with Crippen LogP contribution < -0.4 is 10.2 Å². The number of carboxylic acid groups (broad SMARTS) is 1. The van der Waals surface area contributed by atoms with Crippen molar-refractivity contribution in [3.05, 3.63) is 65.0 Å². The summed E-state index contributed by atoms with van der Waals surface area (Å²) in [6.45, 7) is 3.00. The molecule has 0 saturated carbocycles. The number of hydrogen-bond acceptors (Lipinski definition) is 7. The van der Waals surface area contributed by atoms with Gasteiger partial charge < -0.3 is 19.3 Å². The van der Waals surface area contributed by atoms with Crippen LogP contribution >= 0.6 is 11.3 Å². The van der Waals surface area contributed by atoms with Crippen LogP contribution in [0.15, 0.2) is 54.0 Å². The van der Waals surface area contributed by atoms with Gasteiger partial charge in [-0.05, 0) is 24.3 Å². The largest absolute Gasteiger partial charge is 0.513 e. The third kappa shape index (κ3) is 4.29. The van der Waals surface area contributed by atoms with Gasteiger partial charge in [0.25, 0.3) is 0 Å². The number of hydrogen-bond donors (Lipinski definition) is 1. The lowest BCUT2D eigenvalue weighted by Crippen LogP contribution is -2.09. The van der Waals surface area contributed by atoms with Crippen molar-refractivity contribution in [2.24, 2.45) is 0 Å². The fourth-order valence-corrected chi connectivity index (χ4v) is 3.69. The number of carboxylic acids is 1. The van der Waals surface area contributed by atoms with Gasteiger partial charge in [0, 0.05) is 25.7 Å². The Balaban J connectivity index is 2.04. The van der Waals surface area contributed by atoms with Crippen LogP contribution in [0.4, 0.5) is 4.79 Å². The van der Waals surface area contributed by atoms with Crippen LogP contribution in [-0.4, -0.2) is 23.8 Å². The predicted octanol–water partition coefficient (Wildman–Crippen LogP) is 4.06. The van der Waals surface area contributed by atoms with Gasteiger partial charge in [-0.3, -0.25) is 9.59 Å². The van der Waals surface area contributed by atoms with E-state index in [-0.39, 0.29) is 25.1 Å². The minimum absolute atomic E-state index is 0.0621. The lowest BCUT2D eigenvalue weighted by Gasteiger charge is -2.13. The van der Waals surface area contributed by atoms with Crippen LogP contribution in [0.1, 0.15) is 12.0 Å². The van der Waals surface area contributed by atoms with Crippen molar-refractivity contribution in [1.82, 2.24) is 0 Å². The van der Waals surface area contributed by atoms with Gasteiger partial charge in [-0.25, -0.2) is 4.79 Å². The first-order valence-electron chi connectivity index (χ1n) is 8.27. The average molecular weight is 400 g/mol. The Hall–Kier alpha value is -3.39. The quantitative estimate of drug-likeness (QED) is 0.363.